The van der Waals surface area contributed by atoms with Crippen molar-refractivity contribution in [3.63, 3.8) is 0 Å². The standard InChI is InChI=1S/C24H23N3O3S2/c1-16(27-10-8-17-4-2-3-5-22(17)27)24(28)26-20-12-18-6-7-21(14-19(18)13-20)32(29,30)15-23-25-9-11-31-23/h2-11,14,16,20H,12-13,15H2,1H3,(H,26,28). The van der Waals surface area contributed by atoms with Crippen molar-refractivity contribution in [1.82, 2.24) is 14.9 Å². The van der Waals surface area contributed by atoms with Crippen LogP contribution >= 0.6 is 11.3 Å². The van der Waals surface area contributed by atoms with E-state index >= 15 is 0 Å². The van der Waals surface area contributed by atoms with E-state index in [0.717, 1.165) is 22.0 Å². The predicted molar refractivity (Wildman–Crippen MR) is 125 cm³/mol. The fourth-order valence-corrected chi connectivity index (χ4v) is 6.65. The summed E-state index contributed by atoms with van der Waals surface area (Å²) in [6.07, 6.45) is 4.88. The van der Waals surface area contributed by atoms with Crippen LogP contribution in [0.4, 0.5) is 0 Å². The van der Waals surface area contributed by atoms with Crippen molar-refractivity contribution < 1.29 is 13.2 Å². The first-order valence-electron chi connectivity index (χ1n) is 10.5. The first-order chi connectivity index (χ1) is 15.4. The number of nitrogens with one attached hydrogen (secondary N) is 1. The fraction of sp³-hybridized carbons (Fsp3) is 0.250. The first kappa shape index (κ1) is 20.9. The van der Waals surface area contributed by atoms with Gasteiger partial charge in [0.25, 0.3) is 0 Å². The highest BCUT2D eigenvalue weighted by atomic mass is 32.2. The summed E-state index contributed by atoms with van der Waals surface area (Å²) in [6.45, 7) is 1.90. The molecule has 0 spiro atoms. The summed E-state index contributed by atoms with van der Waals surface area (Å²) in [5.41, 5.74) is 3.09. The average Bonchev–Trinajstić information content (AvgIpc) is 3.51. The van der Waals surface area contributed by atoms with E-state index in [4.69, 9.17) is 0 Å². The molecule has 0 saturated carbocycles. The van der Waals surface area contributed by atoms with Gasteiger partial charge in [0.2, 0.25) is 5.91 Å². The number of benzene rings is 2. The van der Waals surface area contributed by atoms with Crippen molar-refractivity contribution in [2.45, 2.75) is 42.5 Å². The summed E-state index contributed by atoms with van der Waals surface area (Å²) in [5.74, 6) is -0.132. The molecular weight excluding hydrogens is 442 g/mol. The van der Waals surface area contributed by atoms with Gasteiger partial charge in [-0.05, 0) is 60.5 Å². The second kappa shape index (κ2) is 8.18. The van der Waals surface area contributed by atoms with E-state index in [1.54, 1.807) is 23.7 Å². The molecule has 2 unspecified atom stereocenters. The maximum absolute atomic E-state index is 13.0. The molecule has 8 heteroatoms. The van der Waals surface area contributed by atoms with Gasteiger partial charge in [-0.15, -0.1) is 11.3 Å². The maximum atomic E-state index is 13.0. The third kappa shape index (κ3) is 3.96. The SMILES string of the molecule is CC(C(=O)NC1Cc2ccc(S(=O)(=O)Cc3nccs3)cc2C1)n1ccc2ccccc21. The molecule has 6 nitrogen and oxygen atoms in total. The van der Waals surface area contributed by atoms with E-state index < -0.39 is 9.84 Å². The number of thiazole rings is 1. The molecular formula is C24H23N3O3S2. The van der Waals surface area contributed by atoms with Gasteiger partial charge in [-0.3, -0.25) is 4.79 Å². The van der Waals surface area contributed by atoms with Crippen LogP contribution < -0.4 is 5.32 Å². The zero-order valence-electron chi connectivity index (χ0n) is 17.6. The second-order valence-corrected chi connectivity index (χ2v) is 11.2. The van der Waals surface area contributed by atoms with Crippen molar-refractivity contribution in [1.29, 1.82) is 0 Å². The average molecular weight is 466 g/mol. The van der Waals surface area contributed by atoms with Crippen molar-refractivity contribution >= 4 is 38.0 Å². The van der Waals surface area contributed by atoms with E-state index in [9.17, 15) is 13.2 Å². The molecule has 0 aliphatic heterocycles. The van der Waals surface area contributed by atoms with E-state index in [1.807, 2.05) is 54.1 Å². The highest BCUT2D eigenvalue weighted by Crippen LogP contribution is 2.28. The quantitative estimate of drug-likeness (QED) is 0.468. The fourth-order valence-electron chi connectivity index (χ4n) is 4.35. The minimum absolute atomic E-state index is 0.0410. The van der Waals surface area contributed by atoms with Gasteiger partial charge >= 0.3 is 0 Å². The molecule has 2 aromatic heterocycles. The van der Waals surface area contributed by atoms with Crippen molar-refractivity contribution in [3.8, 4) is 0 Å². The van der Waals surface area contributed by atoms with E-state index in [-0.39, 0.29) is 23.7 Å². The molecule has 0 saturated heterocycles. The number of aromatic nitrogens is 2. The summed E-state index contributed by atoms with van der Waals surface area (Å²) in [5, 5.41) is 6.62. The van der Waals surface area contributed by atoms with E-state index in [0.29, 0.717) is 22.7 Å². The minimum atomic E-state index is -3.45. The van der Waals surface area contributed by atoms with Crippen LogP contribution in [-0.2, 0) is 33.2 Å². The number of amides is 1. The Bertz CT molecular complexity index is 1390. The Balaban J connectivity index is 1.28. The van der Waals surface area contributed by atoms with Gasteiger partial charge < -0.3 is 9.88 Å². The number of hydrogen-bond donors (Lipinski definition) is 1. The number of nitrogens with zero attached hydrogens (tertiary/aromatic N) is 2. The van der Waals surface area contributed by atoms with Gasteiger partial charge in [0.05, 0.1) is 4.90 Å². The van der Waals surface area contributed by atoms with Crippen LogP contribution in [0.25, 0.3) is 10.9 Å². The Morgan fingerprint density at radius 3 is 2.81 bits per heavy atom. The van der Waals surface area contributed by atoms with Gasteiger partial charge in [0, 0.05) is 29.3 Å². The summed E-state index contributed by atoms with van der Waals surface area (Å²) >= 11 is 1.34. The lowest BCUT2D eigenvalue weighted by Gasteiger charge is -2.19. The second-order valence-electron chi connectivity index (χ2n) is 8.19. The van der Waals surface area contributed by atoms with Crippen molar-refractivity contribution in [2.24, 2.45) is 0 Å². The molecule has 1 aliphatic carbocycles. The molecule has 2 heterocycles. The first-order valence-corrected chi connectivity index (χ1v) is 13.0. The van der Waals surface area contributed by atoms with Crippen LogP contribution in [0, 0.1) is 0 Å². The van der Waals surface area contributed by atoms with Gasteiger partial charge in [0.15, 0.2) is 9.84 Å². The highest BCUT2D eigenvalue weighted by molar-refractivity contribution is 7.90. The molecule has 0 fully saturated rings. The Morgan fingerprint density at radius 2 is 2.00 bits per heavy atom. The van der Waals surface area contributed by atoms with E-state index in [2.05, 4.69) is 10.3 Å². The lowest BCUT2D eigenvalue weighted by molar-refractivity contribution is -0.124. The monoisotopic (exact) mass is 465 g/mol. The van der Waals surface area contributed by atoms with Gasteiger partial charge in [-0.25, -0.2) is 13.4 Å². The summed E-state index contributed by atoms with van der Waals surface area (Å²) in [6, 6.07) is 14.9. The van der Waals surface area contributed by atoms with Crippen molar-refractivity contribution in [3.05, 3.63) is 82.4 Å². The molecule has 0 bridgehead atoms. The van der Waals surface area contributed by atoms with Crippen LogP contribution in [0.1, 0.15) is 29.1 Å². The molecule has 4 aromatic rings. The molecule has 1 aliphatic rings. The Labute approximate surface area is 190 Å². The number of hydrogen-bond acceptors (Lipinski definition) is 5. The maximum Gasteiger partial charge on any atom is 0.243 e. The van der Waals surface area contributed by atoms with Crippen LogP contribution in [0.3, 0.4) is 0 Å². The van der Waals surface area contributed by atoms with Gasteiger partial charge in [0.1, 0.15) is 16.8 Å². The summed E-state index contributed by atoms with van der Waals surface area (Å²) in [7, 11) is -3.45. The molecule has 1 amide bonds. The number of sulfone groups is 1. The number of rotatable bonds is 6. The normalized spacial score (nSPS) is 16.7. The minimum Gasteiger partial charge on any atom is -0.351 e. The molecule has 5 rings (SSSR count). The predicted octanol–water partition coefficient (Wildman–Crippen LogP) is 3.92. The van der Waals surface area contributed by atoms with Gasteiger partial charge in [-0.2, -0.15) is 0 Å². The van der Waals surface area contributed by atoms with Crippen molar-refractivity contribution in [2.75, 3.05) is 0 Å². The third-order valence-corrected chi connectivity index (χ3v) is 8.63. The van der Waals surface area contributed by atoms with Crippen LogP contribution in [0.15, 0.2) is 71.2 Å². The molecule has 0 radical (unpaired) electrons. The molecule has 1 N–H and O–H groups in total. The smallest absolute Gasteiger partial charge is 0.243 e. The number of carbonyl (C=O) groups excluding carboxylic acids is 1. The number of fused-ring (bicyclic) bond motifs is 2. The largest absolute Gasteiger partial charge is 0.351 e. The molecule has 2 aromatic carbocycles. The van der Waals surface area contributed by atoms with Crippen LogP contribution in [0.5, 0.6) is 0 Å². The molecule has 32 heavy (non-hydrogen) atoms. The number of carbonyl (C=O) groups is 1. The lowest BCUT2D eigenvalue weighted by Crippen LogP contribution is -2.39. The summed E-state index contributed by atoms with van der Waals surface area (Å²) < 4.78 is 27.5. The number of para-hydroxylation sites is 1. The zero-order valence-corrected chi connectivity index (χ0v) is 19.2. The van der Waals surface area contributed by atoms with E-state index in [1.165, 1.54) is 11.3 Å². The zero-order chi connectivity index (χ0) is 22.3. The molecule has 2 atom stereocenters. The Kier molecular flexibility index (Phi) is 5.35. The summed E-state index contributed by atoms with van der Waals surface area (Å²) in [4.78, 5) is 17.4. The lowest BCUT2D eigenvalue weighted by atomic mass is 10.1. The van der Waals surface area contributed by atoms with Crippen LogP contribution in [-0.4, -0.2) is 29.9 Å². The highest BCUT2D eigenvalue weighted by Gasteiger charge is 2.27. The van der Waals surface area contributed by atoms with Gasteiger partial charge in [-0.1, -0.05) is 24.3 Å². The topological polar surface area (TPSA) is 81.1 Å². The Hall–Kier alpha value is -2.97. The van der Waals surface area contributed by atoms with Crippen LogP contribution in [0.2, 0.25) is 0 Å². The third-order valence-electron chi connectivity index (χ3n) is 6.04. The Morgan fingerprint density at radius 1 is 1.19 bits per heavy atom. The molecule has 164 valence electrons.